The van der Waals surface area contributed by atoms with E-state index in [4.69, 9.17) is 4.74 Å². The van der Waals surface area contributed by atoms with Gasteiger partial charge in [0.2, 0.25) is 0 Å². The quantitative estimate of drug-likeness (QED) is 0.169. The molecule has 2 N–H and O–H groups in total. The Labute approximate surface area is 238 Å². The lowest BCUT2D eigenvalue weighted by Crippen LogP contribution is -2.50. The molecule has 3 aromatic carbocycles. The van der Waals surface area contributed by atoms with Crippen LogP contribution in [-0.4, -0.2) is 41.5 Å². The molecule has 236 valence electrons. The molecule has 2 atom stereocenters. The fourth-order valence-electron chi connectivity index (χ4n) is 3.67. The second-order valence-corrected chi connectivity index (χ2v) is 10.0. The molecule has 0 amide bonds. The van der Waals surface area contributed by atoms with Gasteiger partial charge in [0.05, 0.1) is 6.04 Å². The van der Waals surface area contributed by atoms with Crippen molar-refractivity contribution < 1.29 is 66.9 Å². The van der Waals surface area contributed by atoms with Crippen molar-refractivity contribution in [2.75, 3.05) is 6.54 Å². The van der Waals surface area contributed by atoms with Crippen molar-refractivity contribution in [1.82, 2.24) is 5.32 Å². The van der Waals surface area contributed by atoms with Crippen LogP contribution in [0.4, 0.5) is 57.1 Å². The van der Waals surface area contributed by atoms with Gasteiger partial charge < -0.3 is 15.2 Å². The number of thioether (sulfide) groups is 1. The molecule has 0 heterocycles. The van der Waals surface area contributed by atoms with Gasteiger partial charge in [0.25, 0.3) is 0 Å². The minimum absolute atomic E-state index is 0.101. The summed E-state index contributed by atoms with van der Waals surface area (Å²) in [6.07, 6.45) is -14.8. The number of nitrogens with one attached hydrogen (secondary N) is 1. The highest BCUT2D eigenvalue weighted by molar-refractivity contribution is 8.00. The molecule has 1 unspecified atom stereocenters. The maximum Gasteiger partial charge on any atom is 0.460 e. The van der Waals surface area contributed by atoms with Crippen LogP contribution in [-0.2, 0) is 5.92 Å². The molecule has 0 fully saturated rings. The summed E-state index contributed by atoms with van der Waals surface area (Å²) in [6, 6.07) is 10.0. The Hall–Kier alpha value is -3.18. The normalized spacial score (nSPS) is 14.8. The summed E-state index contributed by atoms with van der Waals surface area (Å²) in [6.45, 7) is -1.27. The largest absolute Gasteiger partial charge is 0.460 e. The van der Waals surface area contributed by atoms with Crippen LogP contribution in [0.3, 0.4) is 0 Å². The first-order chi connectivity index (χ1) is 19.6. The van der Waals surface area contributed by atoms with Crippen molar-refractivity contribution in [3.8, 4) is 11.5 Å². The van der Waals surface area contributed by atoms with E-state index >= 15 is 0 Å². The maximum atomic E-state index is 14.4. The van der Waals surface area contributed by atoms with Crippen LogP contribution in [0.15, 0.2) is 77.7 Å². The summed E-state index contributed by atoms with van der Waals surface area (Å²) in [5, 5.41) is 11.6. The monoisotopic (exact) mass is 655 g/mol. The lowest BCUT2D eigenvalue weighted by atomic mass is 9.93. The van der Waals surface area contributed by atoms with Crippen molar-refractivity contribution in [3.05, 3.63) is 89.5 Å². The van der Waals surface area contributed by atoms with E-state index in [-0.39, 0.29) is 34.1 Å². The number of aliphatic hydroxyl groups is 1. The van der Waals surface area contributed by atoms with Crippen LogP contribution < -0.4 is 10.1 Å². The van der Waals surface area contributed by atoms with Gasteiger partial charge in [-0.05, 0) is 59.3 Å². The number of rotatable bonds is 10. The fourth-order valence-corrected chi connectivity index (χ4v) is 4.26. The second-order valence-electron chi connectivity index (χ2n) is 8.87. The summed E-state index contributed by atoms with van der Waals surface area (Å²) < 4.78 is 177. The topological polar surface area (TPSA) is 41.5 Å². The van der Waals surface area contributed by atoms with Crippen molar-refractivity contribution in [2.24, 2.45) is 0 Å². The van der Waals surface area contributed by atoms with E-state index in [0.717, 1.165) is 24.3 Å². The van der Waals surface area contributed by atoms with E-state index in [9.17, 15) is 62.2 Å². The summed E-state index contributed by atoms with van der Waals surface area (Å²) in [5.74, 6) is -12.5. The zero-order valence-corrected chi connectivity index (χ0v) is 21.8. The molecule has 3 nitrogen and oxygen atoms in total. The van der Waals surface area contributed by atoms with E-state index in [1.807, 2.05) is 0 Å². The van der Waals surface area contributed by atoms with Crippen LogP contribution in [0.2, 0.25) is 0 Å². The average molecular weight is 655 g/mol. The molecule has 0 spiro atoms. The zero-order chi connectivity index (χ0) is 32.4. The third-order valence-corrected chi connectivity index (χ3v) is 6.41. The molecule has 0 aliphatic heterocycles. The van der Waals surface area contributed by atoms with Crippen LogP contribution >= 0.6 is 11.8 Å². The van der Waals surface area contributed by atoms with E-state index in [1.165, 1.54) is 30.3 Å². The standard InChI is InChI=1S/C26H18F13NO2S/c27-22(28,24(32,33)25(34,35)36)16-6-1-4-14(10-16)21(40-13-20(41)23(29,30)31)15-5-2-7-17(11-15)42-18-8-3-9-19(12-18)43-26(37,38)39/h1-12,20-21,40-41H,13H2/t20-,21?/m1/s1. The van der Waals surface area contributed by atoms with Gasteiger partial charge in [-0.15, -0.1) is 0 Å². The highest BCUT2D eigenvalue weighted by Gasteiger charge is 2.73. The Bertz CT molecular complexity index is 1390. The van der Waals surface area contributed by atoms with Gasteiger partial charge in [-0.2, -0.15) is 57.1 Å². The predicted molar refractivity (Wildman–Crippen MR) is 128 cm³/mol. The Morgan fingerprint density at radius 2 is 1.23 bits per heavy atom. The molecule has 3 rings (SSSR count). The maximum absolute atomic E-state index is 14.4. The molecule has 0 radical (unpaired) electrons. The highest BCUT2D eigenvalue weighted by atomic mass is 32.2. The number of aliphatic hydroxyl groups excluding tert-OH is 1. The Kier molecular flexibility index (Phi) is 9.92. The van der Waals surface area contributed by atoms with E-state index in [0.29, 0.717) is 6.07 Å². The first-order valence-electron chi connectivity index (χ1n) is 11.7. The summed E-state index contributed by atoms with van der Waals surface area (Å²) in [5.41, 5.74) is -7.02. The summed E-state index contributed by atoms with van der Waals surface area (Å²) >= 11 is -0.442. The van der Waals surface area contributed by atoms with Gasteiger partial charge >= 0.3 is 29.7 Å². The minimum Gasteiger partial charge on any atom is -0.457 e. The number of hydrogen-bond donors (Lipinski definition) is 2. The number of ether oxygens (including phenoxy) is 1. The summed E-state index contributed by atoms with van der Waals surface area (Å²) in [4.78, 5) is -0.254. The Balaban J connectivity index is 2.02. The van der Waals surface area contributed by atoms with E-state index in [2.05, 4.69) is 5.32 Å². The molecular formula is C26H18F13NO2S. The molecule has 0 aromatic heterocycles. The van der Waals surface area contributed by atoms with E-state index < -0.39 is 71.3 Å². The van der Waals surface area contributed by atoms with Crippen molar-refractivity contribution in [3.63, 3.8) is 0 Å². The van der Waals surface area contributed by atoms with Crippen molar-refractivity contribution >= 4 is 11.8 Å². The average Bonchev–Trinajstić information content (AvgIpc) is 2.87. The Morgan fingerprint density at radius 3 is 1.79 bits per heavy atom. The van der Waals surface area contributed by atoms with Crippen molar-refractivity contribution in [2.45, 2.75) is 46.7 Å². The molecule has 0 bridgehead atoms. The molecule has 0 saturated carbocycles. The van der Waals surface area contributed by atoms with Crippen LogP contribution in [0, 0.1) is 0 Å². The lowest BCUT2D eigenvalue weighted by molar-refractivity contribution is -0.359. The van der Waals surface area contributed by atoms with Crippen LogP contribution in [0.1, 0.15) is 22.7 Å². The van der Waals surface area contributed by atoms with Gasteiger partial charge in [-0.3, -0.25) is 0 Å². The van der Waals surface area contributed by atoms with Crippen LogP contribution in [0.5, 0.6) is 11.5 Å². The van der Waals surface area contributed by atoms with Gasteiger partial charge in [0, 0.05) is 17.0 Å². The van der Waals surface area contributed by atoms with Gasteiger partial charge in [-0.25, -0.2) is 0 Å². The number of halogens is 13. The van der Waals surface area contributed by atoms with Gasteiger partial charge in [0.15, 0.2) is 6.10 Å². The van der Waals surface area contributed by atoms with Gasteiger partial charge in [0.1, 0.15) is 11.5 Å². The first-order valence-corrected chi connectivity index (χ1v) is 12.5. The van der Waals surface area contributed by atoms with Gasteiger partial charge in [-0.1, -0.05) is 36.4 Å². The predicted octanol–water partition coefficient (Wildman–Crippen LogP) is 8.98. The highest BCUT2D eigenvalue weighted by Crippen LogP contribution is 2.52. The second kappa shape index (κ2) is 12.4. The Morgan fingerprint density at radius 1 is 0.698 bits per heavy atom. The SMILES string of the molecule is O[C@H](CNC(c1cccc(Oc2cccc(SC(F)(F)F)c2)c1)c1cccc(C(F)(F)C(F)(F)C(F)(F)F)c1)C(F)(F)F. The third kappa shape index (κ3) is 8.47. The third-order valence-electron chi connectivity index (χ3n) is 5.69. The molecule has 0 aliphatic carbocycles. The number of alkyl halides is 13. The van der Waals surface area contributed by atoms with E-state index in [1.54, 1.807) is 0 Å². The molecule has 43 heavy (non-hydrogen) atoms. The van der Waals surface area contributed by atoms with Crippen LogP contribution in [0.25, 0.3) is 0 Å². The zero-order valence-electron chi connectivity index (χ0n) is 21.0. The minimum atomic E-state index is -6.65. The molecule has 3 aromatic rings. The molecule has 0 aliphatic rings. The summed E-state index contributed by atoms with van der Waals surface area (Å²) in [7, 11) is 0. The fraction of sp³-hybridized carbons (Fsp3) is 0.308. The molecular weight excluding hydrogens is 637 g/mol. The lowest BCUT2D eigenvalue weighted by Gasteiger charge is -2.29. The number of benzene rings is 3. The number of hydrogen-bond acceptors (Lipinski definition) is 4. The smallest absolute Gasteiger partial charge is 0.457 e. The molecule has 0 saturated heterocycles. The molecule has 17 heteroatoms. The van der Waals surface area contributed by atoms with Crippen molar-refractivity contribution in [1.29, 1.82) is 0 Å². The first kappa shape index (κ1) is 34.3.